The lowest BCUT2D eigenvalue weighted by atomic mass is 10.2. The molecule has 0 radical (unpaired) electrons. The molecule has 0 amide bonds. The first kappa shape index (κ1) is 9.88. The first-order valence-corrected chi connectivity index (χ1v) is 4.02. The highest BCUT2D eigenvalue weighted by atomic mass is 32.1. The summed E-state index contributed by atoms with van der Waals surface area (Å²) in [5.41, 5.74) is 3.24. The first-order valence-electron chi connectivity index (χ1n) is 3.57. The summed E-state index contributed by atoms with van der Waals surface area (Å²) < 4.78 is 4.57. The zero-order valence-electron chi connectivity index (χ0n) is 7.07. The fourth-order valence-corrected chi connectivity index (χ4v) is 1.24. The van der Waals surface area contributed by atoms with Crippen molar-refractivity contribution in [1.82, 2.24) is 0 Å². The Kier molecular flexibility index (Phi) is 3.16. The zero-order chi connectivity index (χ0) is 9.84. The van der Waals surface area contributed by atoms with Gasteiger partial charge < -0.3 is 10.2 Å². The molecule has 0 unspecified atom stereocenters. The van der Waals surface area contributed by atoms with Gasteiger partial charge in [0, 0.05) is 4.90 Å². The van der Waals surface area contributed by atoms with Crippen molar-refractivity contribution < 1.29 is 9.53 Å². The van der Waals surface area contributed by atoms with Gasteiger partial charge in [-0.25, -0.2) is 4.79 Å². The van der Waals surface area contributed by atoms with Crippen LogP contribution >= 0.6 is 12.6 Å². The Balaban J connectivity index is 3.20. The molecule has 13 heavy (non-hydrogen) atoms. The summed E-state index contributed by atoms with van der Waals surface area (Å²) in [6, 6.07) is 5.04. The molecule has 0 aromatic heterocycles. The van der Waals surface area contributed by atoms with Crippen LogP contribution in [0.15, 0.2) is 23.1 Å². The third kappa shape index (κ3) is 1.93. The van der Waals surface area contributed by atoms with Gasteiger partial charge >= 0.3 is 5.97 Å². The maximum absolute atomic E-state index is 11.2. The fraction of sp³-hybridized carbons (Fsp3) is 0.125. The second-order valence-corrected chi connectivity index (χ2v) is 2.82. The summed E-state index contributed by atoms with van der Waals surface area (Å²) in [4.78, 5) is 11.8. The molecular formula is C8H10N2O2S. The quantitative estimate of drug-likeness (QED) is 0.287. The molecule has 5 heteroatoms. The van der Waals surface area contributed by atoms with Crippen LogP contribution in [0.25, 0.3) is 0 Å². The van der Waals surface area contributed by atoms with Crippen LogP contribution in [0.3, 0.4) is 0 Å². The van der Waals surface area contributed by atoms with Gasteiger partial charge in [0.2, 0.25) is 0 Å². The van der Waals surface area contributed by atoms with E-state index >= 15 is 0 Å². The fourth-order valence-electron chi connectivity index (χ4n) is 0.972. The molecule has 0 aliphatic heterocycles. The van der Waals surface area contributed by atoms with Gasteiger partial charge in [-0.2, -0.15) is 0 Å². The van der Waals surface area contributed by atoms with Crippen molar-refractivity contribution in [2.75, 3.05) is 12.5 Å². The van der Waals surface area contributed by atoms with Gasteiger partial charge in [0.05, 0.1) is 18.4 Å². The highest BCUT2D eigenvalue weighted by Gasteiger charge is 2.12. The van der Waals surface area contributed by atoms with Crippen LogP contribution in [-0.4, -0.2) is 13.1 Å². The van der Waals surface area contributed by atoms with E-state index < -0.39 is 5.97 Å². The Bertz CT molecular complexity index is 328. The van der Waals surface area contributed by atoms with E-state index in [1.54, 1.807) is 18.2 Å². The number of methoxy groups -OCH3 is 1. The Morgan fingerprint density at radius 3 is 2.85 bits per heavy atom. The Hall–Kier alpha value is -1.20. The van der Waals surface area contributed by atoms with E-state index in [1.807, 2.05) is 0 Å². The highest BCUT2D eigenvalue weighted by molar-refractivity contribution is 7.80. The summed E-state index contributed by atoms with van der Waals surface area (Å²) in [6.45, 7) is 0. The molecule has 0 fully saturated rings. The number of ether oxygens (including phenoxy) is 1. The van der Waals surface area contributed by atoms with Crippen molar-refractivity contribution in [3.8, 4) is 0 Å². The predicted octanol–water partition coefficient (Wildman–Crippen LogP) is 1.05. The average molecular weight is 198 g/mol. The molecule has 0 saturated heterocycles. The number of thiol groups is 1. The van der Waals surface area contributed by atoms with Crippen molar-refractivity contribution in [2.45, 2.75) is 4.90 Å². The molecule has 3 N–H and O–H groups in total. The Morgan fingerprint density at radius 1 is 1.62 bits per heavy atom. The van der Waals surface area contributed by atoms with E-state index in [2.05, 4.69) is 22.8 Å². The maximum Gasteiger partial charge on any atom is 0.340 e. The van der Waals surface area contributed by atoms with Crippen molar-refractivity contribution in [2.24, 2.45) is 5.84 Å². The number of hydrazine groups is 1. The third-order valence-electron chi connectivity index (χ3n) is 1.59. The van der Waals surface area contributed by atoms with Gasteiger partial charge in [-0.15, -0.1) is 12.6 Å². The molecule has 1 aromatic carbocycles. The molecule has 1 rings (SSSR count). The molecule has 4 nitrogen and oxygen atoms in total. The van der Waals surface area contributed by atoms with E-state index in [0.29, 0.717) is 16.1 Å². The molecule has 0 bridgehead atoms. The Morgan fingerprint density at radius 2 is 2.31 bits per heavy atom. The monoisotopic (exact) mass is 198 g/mol. The summed E-state index contributed by atoms with van der Waals surface area (Å²) in [6.07, 6.45) is 0. The lowest BCUT2D eigenvalue weighted by Crippen LogP contribution is -2.13. The zero-order valence-corrected chi connectivity index (χ0v) is 7.97. The molecule has 0 heterocycles. The Labute approximate surface area is 81.5 Å². The number of carbonyl (C=O) groups is 1. The van der Waals surface area contributed by atoms with Crippen molar-refractivity contribution >= 4 is 24.3 Å². The van der Waals surface area contributed by atoms with Crippen LogP contribution in [0, 0.1) is 0 Å². The summed E-state index contributed by atoms with van der Waals surface area (Å²) in [7, 11) is 1.31. The molecule has 0 atom stereocenters. The normalized spacial score (nSPS) is 9.46. The van der Waals surface area contributed by atoms with E-state index in [4.69, 9.17) is 5.84 Å². The van der Waals surface area contributed by atoms with Crippen LogP contribution < -0.4 is 11.3 Å². The van der Waals surface area contributed by atoms with Gasteiger partial charge in [0.1, 0.15) is 0 Å². The van der Waals surface area contributed by atoms with Crippen LogP contribution in [0.5, 0.6) is 0 Å². The molecule has 1 aromatic rings. The first-order chi connectivity index (χ1) is 6.20. The number of hydrogen-bond acceptors (Lipinski definition) is 5. The maximum atomic E-state index is 11.2. The summed E-state index contributed by atoms with van der Waals surface area (Å²) >= 11 is 4.13. The average Bonchev–Trinajstić information content (AvgIpc) is 2.16. The van der Waals surface area contributed by atoms with Crippen molar-refractivity contribution in [1.29, 1.82) is 0 Å². The van der Waals surface area contributed by atoms with E-state index in [9.17, 15) is 4.79 Å². The number of hydrogen-bond donors (Lipinski definition) is 3. The number of benzene rings is 1. The van der Waals surface area contributed by atoms with E-state index in [-0.39, 0.29) is 0 Å². The SMILES string of the molecule is COC(=O)c1cccc(S)c1NN. The number of nitrogens with one attached hydrogen (secondary N) is 1. The van der Waals surface area contributed by atoms with E-state index in [1.165, 1.54) is 7.11 Å². The summed E-state index contributed by atoms with van der Waals surface area (Å²) in [5, 5.41) is 0. The standard InChI is InChI=1S/C8H10N2O2S/c1-12-8(11)5-3-2-4-6(13)7(5)10-9/h2-4,10,13H,9H2,1H3. The largest absolute Gasteiger partial charge is 0.465 e. The smallest absolute Gasteiger partial charge is 0.340 e. The van der Waals surface area contributed by atoms with Crippen LogP contribution in [0.4, 0.5) is 5.69 Å². The van der Waals surface area contributed by atoms with Gasteiger partial charge in [0.25, 0.3) is 0 Å². The van der Waals surface area contributed by atoms with Gasteiger partial charge in [0.15, 0.2) is 0 Å². The number of carbonyl (C=O) groups excluding carboxylic acids is 1. The minimum Gasteiger partial charge on any atom is -0.465 e. The lowest BCUT2D eigenvalue weighted by molar-refractivity contribution is 0.0601. The van der Waals surface area contributed by atoms with Gasteiger partial charge in [-0.05, 0) is 12.1 Å². The number of para-hydroxylation sites is 1. The predicted molar refractivity (Wildman–Crippen MR) is 52.8 cm³/mol. The van der Waals surface area contributed by atoms with Gasteiger partial charge in [-0.1, -0.05) is 6.07 Å². The van der Waals surface area contributed by atoms with Gasteiger partial charge in [-0.3, -0.25) is 5.84 Å². The second kappa shape index (κ2) is 4.15. The van der Waals surface area contributed by atoms with Crippen LogP contribution in [0.1, 0.15) is 10.4 Å². The third-order valence-corrected chi connectivity index (χ3v) is 1.96. The molecule has 0 aliphatic carbocycles. The highest BCUT2D eigenvalue weighted by Crippen LogP contribution is 2.23. The minimum atomic E-state index is -0.441. The molecule has 0 saturated carbocycles. The number of esters is 1. The van der Waals surface area contributed by atoms with Crippen LogP contribution in [-0.2, 0) is 4.74 Å². The number of nitrogens with two attached hydrogens (primary N) is 1. The number of rotatable bonds is 2. The molecular weight excluding hydrogens is 188 g/mol. The van der Waals surface area contributed by atoms with Crippen LogP contribution in [0.2, 0.25) is 0 Å². The summed E-state index contributed by atoms with van der Waals surface area (Å²) in [5.74, 6) is 4.80. The lowest BCUT2D eigenvalue weighted by Gasteiger charge is -2.08. The number of anilines is 1. The molecule has 0 aliphatic rings. The van der Waals surface area contributed by atoms with Crippen molar-refractivity contribution in [3.05, 3.63) is 23.8 Å². The van der Waals surface area contributed by atoms with Crippen molar-refractivity contribution in [3.63, 3.8) is 0 Å². The second-order valence-electron chi connectivity index (χ2n) is 2.34. The molecule has 70 valence electrons. The minimum absolute atomic E-state index is 0.373. The topological polar surface area (TPSA) is 64.3 Å². The number of nitrogen functional groups attached to an aromatic ring is 1. The molecule has 0 spiro atoms. The van der Waals surface area contributed by atoms with E-state index in [0.717, 1.165) is 0 Å².